The quantitative estimate of drug-likeness (QED) is 0.140. The van der Waals surface area contributed by atoms with Gasteiger partial charge >= 0.3 is 0 Å². The smallest absolute Gasteiger partial charge is 0.137 e. The Labute approximate surface area is 281 Å². The number of hydrogen-bond donors (Lipinski definition) is 0. The van der Waals surface area contributed by atoms with Crippen molar-refractivity contribution < 1.29 is 4.74 Å². The molecule has 0 aliphatic heterocycles. The van der Waals surface area contributed by atoms with Gasteiger partial charge < -0.3 is 4.74 Å². The molecule has 0 aliphatic rings. The van der Waals surface area contributed by atoms with E-state index in [-0.39, 0.29) is 0 Å². The summed E-state index contributed by atoms with van der Waals surface area (Å²) in [5.74, 6) is 4.17. The molecular formula is C41H40N4OS. The Morgan fingerprint density at radius 2 is 1.60 bits per heavy atom. The zero-order chi connectivity index (χ0) is 32.5. The number of aryl methyl sites for hydroxylation is 3. The van der Waals surface area contributed by atoms with E-state index in [2.05, 4.69) is 118 Å². The Morgan fingerprint density at radius 3 is 2.40 bits per heavy atom. The molecule has 0 aliphatic carbocycles. The number of ether oxygens (including phenoxy) is 1. The fraction of sp³-hybridized carbons (Fsp3) is 0.220. The third kappa shape index (κ3) is 6.30. The minimum atomic E-state index is 0.656. The summed E-state index contributed by atoms with van der Waals surface area (Å²) in [5, 5.41) is 7.11. The van der Waals surface area contributed by atoms with Gasteiger partial charge in [0, 0.05) is 45.8 Å². The van der Waals surface area contributed by atoms with Gasteiger partial charge in [0.2, 0.25) is 0 Å². The van der Waals surface area contributed by atoms with E-state index in [0.29, 0.717) is 5.92 Å². The van der Waals surface area contributed by atoms with Crippen LogP contribution in [0.5, 0.6) is 11.5 Å². The van der Waals surface area contributed by atoms with Gasteiger partial charge in [-0.05, 0) is 115 Å². The van der Waals surface area contributed by atoms with Crippen LogP contribution in [-0.4, -0.2) is 25.1 Å². The second-order valence-electron chi connectivity index (χ2n) is 12.6. The van der Waals surface area contributed by atoms with Crippen LogP contribution in [0, 0.1) is 19.8 Å². The molecule has 5 nitrogen and oxygen atoms in total. The van der Waals surface area contributed by atoms with Crippen molar-refractivity contribution in [1.82, 2.24) is 19.3 Å². The third-order valence-corrected chi connectivity index (χ3v) is 9.56. The molecule has 6 heteroatoms. The molecule has 7 rings (SSSR count). The van der Waals surface area contributed by atoms with Crippen LogP contribution in [0.25, 0.3) is 44.4 Å². The summed E-state index contributed by atoms with van der Waals surface area (Å²) in [6.45, 7) is 11.1. The topological polar surface area (TPSA) is 44.9 Å². The van der Waals surface area contributed by atoms with Crippen molar-refractivity contribution >= 4 is 33.6 Å². The molecule has 0 unspecified atom stereocenters. The van der Waals surface area contributed by atoms with Crippen LogP contribution < -0.4 is 4.74 Å². The standard InChI is InChI=1S/C41H40N4OS/c1-6-47-35-20-28(4)41(29(5)21-35)31-25-43-44(26-31)32-10-9-11-33(23-32)46-34-16-17-37-36-12-7-8-13-38(36)45(39(37)24-34)40-22-30(18-19-42-40)15-14-27(2)3/h7-13,16-27H,6,14-15H2,1-5H3. The molecular weight excluding hydrogens is 597 g/mol. The van der Waals surface area contributed by atoms with E-state index >= 15 is 0 Å². The van der Waals surface area contributed by atoms with Gasteiger partial charge in [0.15, 0.2) is 0 Å². The first-order chi connectivity index (χ1) is 22.9. The maximum atomic E-state index is 6.51. The van der Waals surface area contributed by atoms with Crippen molar-refractivity contribution in [2.75, 3.05) is 5.75 Å². The molecule has 0 N–H and O–H groups in total. The molecule has 0 amide bonds. The van der Waals surface area contributed by atoms with Crippen LogP contribution in [0.1, 0.15) is 43.9 Å². The Morgan fingerprint density at radius 1 is 0.809 bits per heavy atom. The third-order valence-electron chi connectivity index (χ3n) is 8.70. The summed E-state index contributed by atoms with van der Waals surface area (Å²) >= 11 is 1.88. The SMILES string of the molecule is CCSc1cc(C)c(-c2cnn(-c3cccc(Oc4ccc5c6ccccc6n(-c6cc(CCC(C)C)ccn6)c5c4)c3)c2)c(C)c1. The van der Waals surface area contributed by atoms with Crippen LogP contribution >= 0.6 is 11.8 Å². The molecule has 0 fully saturated rings. The molecule has 47 heavy (non-hydrogen) atoms. The van der Waals surface area contributed by atoms with Gasteiger partial charge in [-0.2, -0.15) is 5.10 Å². The van der Waals surface area contributed by atoms with Gasteiger partial charge in [0.1, 0.15) is 17.3 Å². The van der Waals surface area contributed by atoms with Crippen molar-refractivity contribution in [2.24, 2.45) is 5.92 Å². The fourth-order valence-electron chi connectivity index (χ4n) is 6.50. The lowest BCUT2D eigenvalue weighted by atomic mass is 9.98. The zero-order valence-electron chi connectivity index (χ0n) is 27.7. The number of nitrogens with zero attached hydrogens (tertiary/aromatic N) is 4. The lowest BCUT2D eigenvalue weighted by Crippen LogP contribution is -2.00. The number of rotatable bonds is 10. The van der Waals surface area contributed by atoms with Crippen LogP contribution in [0.4, 0.5) is 0 Å². The Bertz CT molecular complexity index is 2190. The average Bonchev–Trinajstić information content (AvgIpc) is 3.67. The van der Waals surface area contributed by atoms with E-state index in [9.17, 15) is 0 Å². The van der Waals surface area contributed by atoms with Gasteiger partial charge in [-0.25, -0.2) is 9.67 Å². The van der Waals surface area contributed by atoms with Crippen molar-refractivity contribution in [3.05, 3.63) is 126 Å². The summed E-state index contributed by atoms with van der Waals surface area (Å²) < 4.78 is 10.7. The Kier molecular flexibility index (Phi) is 8.61. The number of fused-ring (bicyclic) bond motifs is 3. The van der Waals surface area contributed by atoms with Gasteiger partial charge in [0.05, 0.1) is 22.9 Å². The maximum Gasteiger partial charge on any atom is 0.137 e. The first kappa shape index (κ1) is 30.8. The number of benzene rings is 4. The molecule has 0 radical (unpaired) electrons. The van der Waals surface area contributed by atoms with Crippen molar-refractivity contribution in [1.29, 1.82) is 0 Å². The van der Waals surface area contributed by atoms with E-state index < -0.39 is 0 Å². The number of thioether (sulfide) groups is 1. The highest BCUT2D eigenvalue weighted by Gasteiger charge is 2.15. The first-order valence-corrected chi connectivity index (χ1v) is 17.4. The van der Waals surface area contributed by atoms with Crippen LogP contribution in [-0.2, 0) is 6.42 Å². The molecule has 0 bridgehead atoms. The highest BCUT2D eigenvalue weighted by molar-refractivity contribution is 7.99. The highest BCUT2D eigenvalue weighted by Crippen LogP contribution is 2.36. The van der Waals surface area contributed by atoms with E-state index in [0.717, 1.165) is 58.2 Å². The van der Waals surface area contributed by atoms with Gasteiger partial charge in [-0.1, -0.05) is 45.0 Å². The van der Waals surface area contributed by atoms with Crippen LogP contribution in [0.2, 0.25) is 0 Å². The summed E-state index contributed by atoms with van der Waals surface area (Å²) in [4.78, 5) is 6.14. The summed E-state index contributed by atoms with van der Waals surface area (Å²) in [6, 6.07) is 31.9. The molecule has 3 aromatic heterocycles. The van der Waals surface area contributed by atoms with Gasteiger partial charge in [-0.3, -0.25) is 4.57 Å². The van der Waals surface area contributed by atoms with E-state index in [1.165, 1.54) is 37.9 Å². The van der Waals surface area contributed by atoms with Crippen molar-refractivity contribution in [3.8, 4) is 34.1 Å². The highest BCUT2D eigenvalue weighted by atomic mass is 32.2. The first-order valence-electron chi connectivity index (χ1n) is 16.4. The van der Waals surface area contributed by atoms with Gasteiger partial charge in [0.25, 0.3) is 0 Å². The average molecular weight is 637 g/mol. The molecule has 7 aromatic rings. The number of aromatic nitrogens is 4. The molecule has 0 saturated heterocycles. The van der Waals surface area contributed by atoms with Crippen LogP contribution in [0.3, 0.4) is 0 Å². The summed E-state index contributed by atoms with van der Waals surface area (Å²) in [7, 11) is 0. The summed E-state index contributed by atoms with van der Waals surface area (Å²) in [6.07, 6.45) is 8.18. The second-order valence-corrected chi connectivity index (χ2v) is 14.0. The Balaban J connectivity index is 1.21. The number of pyridine rings is 1. The minimum Gasteiger partial charge on any atom is -0.457 e. The van der Waals surface area contributed by atoms with Gasteiger partial charge in [-0.15, -0.1) is 11.8 Å². The molecule has 4 aromatic carbocycles. The number of hydrogen-bond acceptors (Lipinski definition) is 4. The van der Waals surface area contributed by atoms with Crippen LogP contribution in [0.15, 0.2) is 114 Å². The van der Waals surface area contributed by atoms with E-state index in [1.807, 2.05) is 47.0 Å². The second kappa shape index (κ2) is 13.1. The minimum absolute atomic E-state index is 0.656. The predicted molar refractivity (Wildman–Crippen MR) is 197 cm³/mol. The summed E-state index contributed by atoms with van der Waals surface area (Å²) in [5.41, 5.74) is 9.34. The van der Waals surface area contributed by atoms with E-state index in [1.54, 1.807) is 0 Å². The van der Waals surface area contributed by atoms with Crippen molar-refractivity contribution in [3.63, 3.8) is 0 Å². The zero-order valence-corrected chi connectivity index (χ0v) is 28.5. The maximum absolute atomic E-state index is 6.51. The monoisotopic (exact) mass is 636 g/mol. The largest absolute Gasteiger partial charge is 0.457 e. The molecule has 0 atom stereocenters. The number of para-hydroxylation sites is 1. The lowest BCUT2D eigenvalue weighted by Gasteiger charge is -2.11. The lowest BCUT2D eigenvalue weighted by molar-refractivity contribution is 0.483. The normalized spacial score (nSPS) is 11.6. The molecule has 236 valence electrons. The fourth-order valence-corrected chi connectivity index (χ4v) is 7.36. The molecule has 0 saturated carbocycles. The Hall–Kier alpha value is -4.81. The van der Waals surface area contributed by atoms with Crippen molar-refractivity contribution in [2.45, 2.75) is 52.4 Å². The van der Waals surface area contributed by atoms with E-state index in [4.69, 9.17) is 14.8 Å². The molecule has 0 spiro atoms. The predicted octanol–water partition coefficient (Wildman–Crippen LogP) is 11.1. The molecule has 3 heterocycles.